The van der Waals surface area contributed by atoms with Crippen molar-refractivity contribution in [2.75, 3.05) is 39.6 Å². The molecular weight excluding hydrogens is 1270 g/mol. The maximum absolute atomic E-state index is 13.1. The van der Waals surface area contributed by atoms with E-state index in [0.29, 0.717) is 31.6 Å². The lowest BCUT2D eigenvalue weighted by molar-refractivity contribution is -0.161. The molecule has 0 aromatic rings. The van der Waals surface area contributed by atoms with Gasteiger partial charge < -0.3 is 33.8 Å². The van der Waals surface area contributed by atoms with Crippen LogP contribution in [0.3, 0.4) is 0 Å². The third-order valence-electron chi connectivity index (χ3n) is 18.2. The van der Waals surface area contributed by atoms with Crippen LogP contribution >= 0.6 is 15.6 Å². The zero-order valence-corrected chi connectivity index (χ0v) is 65.2. The molecule has 0 amide bonds. The molecule has 19 heteroatoms. The van der Waals surface area contributed by atoms with E-state index >= 15 is 0 Å². The molecular formula is C78H152O17P2. The number of hydrogen-bond acceptors (Lipinski definition) is 15. The van der Waals surface area contributed by atoms with Crippen LogP contribution in [-0.2, 0) is 65.4 Å². The highest BCUT2D eigenvalue weighted by atomic mass is 31.2. The van der Waals surface area contributed by atoms with Crippen molar-refractivity contribution in [3.8, 4) is 0 Å². The molecule has 0 aliphatic carbocycles. The Morgan fingerprint density at radius 3 is 0.701 bits per heavy atom. The minimum Gasteiger partial charge on any atom is -0.462 e. The van der Waals surface area contributed by atoms with Crippen molar-refractivity contribution in [1.82, 2.24) is 0 Å². The van der Waals surface area contributed by atoms with Gasteiger partial charge in [-0.2, -0.15) is 0 Å². The van der Waals surface area contributed by atoms with Crippen LogP contribution in [0.4, 0.5) is 0 Å². The molecule has 97 heavy (non-hydrogen) atoms. The third kappa shape index (κ3) is 72.2. The van der Waals surface area contributed by atoms with Crippen LogP contribution in [0.15, 0.2) is 0 Å². The Morgan fingerprint density at radius 1 is 0.278 bits per heavy atom. The minimum absolute atomic E-state index is 0.105. The van der Waals surface area contributed by atoms with Gasteiger partial charge in [-0.15, -0.1) is 0 Å². The summed E-state index contributed by atoms with van der Waals surface area (Å²) in [7, 11) is -9.91. The SMILES string of the molecule is CCCCCCCCCCCCCCCCCCCCCCC(=O)O[C@H](COC(=O)CCCCCCCCCCCCCCCCC)COP(=O)(O)OC[C@@H](O)COP(=O)(O)OC[C@@H](COC(=O)CCCCCCCCCC(C)C)OC(=O)CCCCCCCCCCCC(C)C. The van der Waals surface area contributed by atoms with Gasteiger partial charge in [0.15, 0.2) is 12.2 Å². The zero-order valence-electron chi connectivity index (χ0n) is 63.4. The number of esters is 4. The van der Waals surface area contributed by atoms with Crippen molar-refractivity contribution in [2.24, 2.45) is 11.8 Å². The van der Waals surface area contributed by atoms with Gasteiger partial charge in [-0.25, -0.2) is 9.13 Å². The predicted molar refractivity (Wildman–Crippen MR) is 395 cm³/mol. The summed E-state index contributed by atoms with van der Waals surface area (Å²) < 4.78 is 68.6. The Morgan fingerprint density at radius 2 is 0.474 bits per heavy atom. The van der Waals surface area contributed by atoms with E-state index in [4.69, 9.17) is 37.0 Å². The van der Waals surface area contributed by atoms with Crippen molar-refractivity contribution in [1.29, 1.82) is 0 Å². The number of hydrogen-bond donors (Lipinski definition) is 3. The largest absolute Gasteiger partial charge is 0.472 e. The highest BCUT2D eigenvalue weighted by Gasteiger charge is 2.30. The molecule has 3 N–H and O–H groups in total. The summed E-state index contributed by atoms with van der Waals surface area (Å²) >= 11 is 0. The number of rotatable bonds is 77. The normalized spacial score (nSPS) is 14.0. The highest BCUT2D eigenvalue weighted by molar-refractivity contribution is 7.47. The van der Waals surface area contributed by atoms with Gasteiger partial charge in [-0.3, -0.25) is 37.3 Å². The summed E-state index contributed by atoms with van der Waals surface area (Å²) in [5.41, 5.74) is 0. The molecule has 0 radical (unpaired) electrons. The van der Waals surface area contributed by atoms with Crippen LogP contribution in [0.25, 0.3) is 0 Å². The van der Waals surface area contributed by atoms with Crippen molar-refractivity contribution in [2.45, 2.75) is 426 Å². The molecule has 0 fully saturated rings. The number of aliphatic hydroxyl groups is 1. The van der Waals surface area contributed by atoms with E-state index in [1.807, 2.05) is 0 Å². The molecule has 0 aromatic carbocycles. The van der Waals surface area contributed by atoms with Gasteiger partial charge >= 0.3 is 39.5 Å². The summed E-state index contributed by atoms with van der Waals surface area (Å²) in [6, 6.07) is 0. The molecule has 0 aliphatic heterocycles. The number of carbonyl (C=O) groups is 4. The maximum Gasteiger partial charge on any atom is 0.472 e. The number of aliphatic hydroxyl groups excluding tert-OH is 1. The first kappa shape index (κ1) is 95.1. The van der Waals surface area contributed by atoms with Crippen molar-refractivity contribution in [3.05, 3.63) is 0 Å². The van der Waals surface area contributed by atoms with E-state index in [9.17, 15) is 43.2 Å². The number of phosphoric acid groups is 2. The van der Waals surface area contributed by atoms with Gasteiger partial charge in [0.1, 0.15) is 19.3 Å². The molecule has 0 spiro atoms. The molecule has 0 heterocycles. The molecule has 0 aromatic heterocycles. The van der Waals surface area contributed by atoms with Crippen LogP contribution in [0.5, 0.6) is 0 Å². The summed E-state index contributed by atoms with van der Waals surface area (Å²) in [5.74, 6) is -0.673. The lowest BCUT2D eigenvalue weighted by atomic mass is 10.0. The van der Waals surface area contributed by atoms with Gasteiger partial charge in [0.25, 0.3) is 0 Å². The van der Waals surface area contributed by atoms with Gasteiger partial charge in [0, 0.05) is 25.7 Å². The first-order valence-electron chi connectivity index (χ1n) is 40.5. The Balaban J connectivity index is 5.22. The monoisotopic (exact) mass is 1420 g/mol. The molecule has 0 rings (SSSR count). The fourth-order valence-electron chi connectivity index (χ4n) is 12.0. The quantitative estimate of drug-likeness (QED) is 0.0222. The van der Waals surface area contributed by atoms with Crippen LogP contribution in [0.1, 0.15) is 408 Å². The lowest BCUT2D eigenvalue weighted by Gasteiger charge is -2.21. The summed E-state index contributed by atoms with van der Waals surface area (Å²) in [4.78, 5) is 72.9. The van der Waals surface area contributed by atoms with Crippen molar-refractivity contribution >= 4 is 39.5 Å². The second kappa shape index (κ2) is 69.8. The Bertz CT molecular complexity index is 1870. The fraction of sp³-hybridized carbons (Fsp3) is 0.949. The molecule has 0 saturated carbocycles. The summed E-state index contributed by atoms with van der Waals surface area (Å²) in [6.45, 7) is 9.53. The average Bonchev–Trinajstić information content (AvgIpc) is 1.33. The summed E-state index contributed by atoms with van der Waals surface area (Å²) in [5, 5.41) is 10.6. The number of phosphoric ester groups is 2. The summed E-state index contributed by atoms with van der Waals surface area (Å²) in [6.07, 6.45) is 58.4. The number of unbranched alkanes of at least 4 members (excludes halogenated alkanes) is 47. The molecule has 0 bridgehead atoms. The van der Waals surface area contributed by atoms with E-state index in [-0.39, 0.29) is 25.7 Å². The van der Waals surface area contributed by atoms with Gasteiger partial charge in [0.05, 0.1) is 26.4 Å². The van der Waals surface area contributed by atoms with Crippen LogP contribution < -0.4 is 0 Å². The van der Waals surface area contributed by atoms with Crippen LogP contribution in [0, 0.1) is 11.8 Å². The van der Waals surface area contributed by atoms with Crippen molar-refractivity contribution < 1.29 is 80.2 Å². The first-order chi connectivity index (χ1) is 46.9. The predicted octanol–water partition coefficient (Wildman–Crippen LogP) is 23.1. The molecule has 0 saturated heterocycles. The molecule has 0 aliphatic rings. The highest BCUT2D eigenvalue weighted by Crippen LogP contribution is 2.45. The van der Waals surface area contributed by atoms with E-state index in [2.05, 4.69) is 41.5 Å². The number of ether oxygens (including phenoxy) is 4. The van der Waals surface area contributed by atoms with Gasteiger partial charge in [0.2, 0.25) is 0 Å². The van der Waals surface area contributed by atoms with E-state index in [1.54, 1.807) is 0 Å². The molecule has 576 valence electrons. The van der Waals surface area contributed by atoms with E-state index in [1.165, 1.54) is 218 Å². The Kier molecular flexibility index (Phi) is 68.4. The second-order valence-corrected chi connectivity index (χ2v) is 32.0. The van der Waals surface area contributed by atoms with Crippen LogP contribution in [-0.4, -0.2) is 96.7 Å². The van der Waals surface area contributed by atoms with Crippen LogP contribution in [0.2, 0.25) is 0 Å². The zero-order chi connectivity index (χ0) is 71.4. The van der Waals surface area contributed by atoms with Gasteiger partial charge in [-0.05, 0) is 37.5 Å². The average molecular weight is 1420 g/mol. The minimum atomic E-state index is -4.96. The Labute approximate surface area is 594 Å². The van der Waals surface area contributed by atoms with E-state index < -0.39 is 97.5 Å². The standard InChI is InChI=1S/C78H152O17P2/c1-7-9-11-13-15-17-19-21-23-24-25-26-27-29-31-33-37-43-50-56-62-77(82)94-73(66-88-75(80)60-54-48-42-36-32-30-28-22-20-18-16-14-12-10-8-2)68-92-96(84,85)90-64-72(79)65-91-97(86,87)93-69-74(67-89-76(81)61-55-49-45-39-41-47-53-59-71(5)6)95-78(83)63-57-51-44-38-34-35-40-46-52-58-70(3)4/h70-74,79H,7-69H2,1-6H3,(H,84,85)(H,86,87)/t72-,73-,74-/m1/s1. The number of carbonyl (C=O) groups excluding carboxylic acids is 4. The topological polar surface area (TPSA) is 237 Å². The van der Waals surface area contributed by atoms with E-state index in [0.717, 1.165) is 102 Å². The van der Waals surface area contributed by atoms with Crippen molar-refractivity contribution in [3.63, 3.8) is 0 Å². The second-order valence-electron chi connectivity index (χ2n) is 29.1. The van der Waals surface area contributed by atoms with Gasteiger partial charge in [-0.1, -0.05) is 356 Å². The Hall–Kier alpha value is -1.94. The smallest absolute Gasteiger partial charge is 0.462 e. The first-order valence-corrected chi connectivity index (χ1v) is 43.5. The third-order valence-corrected chi connectivity index (χ3v) is 20.1. The fourth-order valence-corrected chi connectivity index (χ4v) is 13.6. The molecule has 2 unspecified atom stereocenters. The lowest BCUT2D eigenvalue weighted by Crippen LogP contribution is -2.30. The maximum atomic E-state index is 13.1. The molecule has 5 atom stereocenters. The molecule has 17 nitrogen and oxygen atoms in total.